The SMILES string of the molecule is CCCCCNc1cc(NCC)nc(CCC)n1. The third-order valence-electron chi connectivity index (χ3n) is 2.69. The maximum absolute atomic E-state index is 4.54. The summed E-state index contributed by atoms with van der Waals surface area (Å²) in [5.41, 5.74) is 0. The lowest BCUT2D eigenvalue weighted by Crippen LogP contribution is -2.09. The second-order valence-electron chi connectivity index (χ2n) is 4.47. The minimum atomic E-state index is 0.887. The van der Waals surface area contributed by atoms with Crippen LogP contribution in [0.3, 0.4) is 0 Å². The van der Waals surface area contributed by atoms with Gasteiger partial charge in [-0.3, -0.25) is 0 Å². The Morgan fingerprint density at radius 1 is 0.944 bits per heavy atom. The number of unbranched alkanes of at least 4 members (excludes halogenated alkanes) is 2. The summed E-state index contributed by atoms with van der Waals surface area (Å²) in [6, 6.07) is 1.99. The molecular weight excluding hydrogens is 224 g/mol. The number of aromatic nitrogens is 2. The van der Waals surface area contributed by atoms with Crippen molar-refractivity contribution in [3.05, 3.63) is 11.9 Å². The van der Waals surface area contributed by atoms with Crippen LogP contribution in [0, 0.1) is 0 Å². The average Bonchev–Trinajstić information content (AvgIpc) is 2.35. The van der Waals surface area contributed by atoms with Crippen molar-refractivity contribution in [2.75, 3.05) is 23.7 Å². The molecule has 0 aliphatic carbocycles. The lowest BCUT2D eigenvalue weighted by atomic mass is 10.2. The van der Waals surface area contributed by atoms with Gasteiger partial charge in [0.05, 0.1) is 0 Å². The van der Waals surface area contributed by atoms with Gasteiger partial charge in [-0.1, -0.05) is 26.7 Å². The predicted molar refractivity (Wildman–Crippen MR) is 78.2 cm³/mol. The van der Waals surface area contributed by atoms with E-state index in [0.717, 1.165) is 43.4 Å². The Balaban J connectivity index is 2.63. The third-order valence-corrected chi connectivity index (χ3v) is 2.69. The normalized spacial score (nSPS) is 10.4. The van der Waals surface area contributed by atoms with Crippen molar-refractivity contribution in [2.45, 2.75) is 52.9 Å². The number of anilines is 2. The van der Waals surface area contributed by atoms with Gasteiger partial charge in [0.25, 0.3) is 0 Å². The van der Waals surface area contributed by atoms with E-state index in [1.54, 1.807) is 0 Å². The van der Waals surface area contributed by atoms with Gasteiger partial charge in [-0.15, -0.1) is 0 Å². The summed E-state index contributed by atoms with van der Waals surface area (Å²) in [6.07, 6.45) is 5.71. The van der Waals surface area contributed by atoms with Crippen LogP contribution in [0.25, 0.3) is 0 Å². The molecule has 0 spiro atoms. The molecule has 0 aliphatic heterocycles. The fraction of sp³-hybridized carbons (Fsp3) is 0.714. The molecule has 102 valence electrons. The van der Waals surface area contributed by atoms with E-state index in [4.69, 9.17) is 0 Å². The van der Waals surface area contributed by atoms with E-state index < -0.39 is 0 Å². The molecule has 0 fully saturated rings. The van der Waals surface area contributed by atoms with Crippen molar-refractivity contribution >= 4 is 11.6 Å². The standard InChI is InChI=1S/C14H26N4/c1-4-7-8-10-16-14-11-13(15-6-3)17-12(18-14)9-5-2/h11H,4-10H2,1-3H3,(H2,15,16,17,18). The second kappa shape index (κ2) is 8.72. The van der Waals surface area contributed by atoms with Crippen LogP contribution in [-0.4, -0.2) is 23.1 Å². The summed E-state index contributed by atoms with van der Waals surface area (Å²) in [4.78, 5) is 9.04. The summed E-state index contributed by atoms with van der Waals surface area (Å²) in [5.74, 6) is 2.79. The zero-order valence-electron chi connectivity index (χ0n) is 11.9. The van der Waals surface area contributed by atoms with Crippen molar-refractivity contribution in [2.24, 2.45) is 0 Å². The highest BCUT2D eigenvalue weighted by atomic mass is 15.1. The van der Waals surface area contributed by atoms with Crippen molar-refractivity contribution in [3.63, 3.8) is 0 Å². The van der Waals surface area contributed by atoms with E-state index in [9.17, 15) is 0 Å². The first-order valence-electron chi connectivity index (χ1n) is 7.15. The van der Waals surface area contributed by atoms with Gasteiger partial charge in [0.2, 0.25) is 0 Å². The van der Waals surface area contributed by atoms with Crippen LogP contribution >= 0.6 is 0 Å². The minimum absolute atomic E-state index is 0.887. The van der Waals surface area contributed by atoms with Gasteiger partial charge >= 0.3 is 0 Å². The zero-order valence-corrected chi connectivity index (χ0v) is 11.9. The molecule has 0 bridgehead atoms. The molecule has 0 saturated heterocycles. The van der Waals surface area contributed by atoms with Crippen molar-refractivity contribution in [1.82, 2.24) is 9.97 Å². The number of hydrogen-bond acceptors (Lipinski definition) is 4. The largest absolute Gasteiger partial charge is 0.370 e. The molecule has 1 rings (SSSR count). The third kappa shape index (κ3) is 5.34. The highest BCUT2D eigenvalue weighted by Gasteiger charge is 2.03. The zero-order chi connectivity index (χ0) is 13.2. The van der Waals surface area contributed by atoms with Gasteiger partial charge in [-0.2, -0.15) is 0 Å². The van der Waals surface area contributed by atoms with Gasteiger partial charge in [-0.05, 0) is 19.8 Å². The molecule has 18 heavy (non-hydrogen) atoms. The van der Waals surface area contributed by atoms with Crippen LogP contribution in [0.4, 0.5) is 11.6 Å². The molecule has 0 aromatic carbocycles. The molecule has 4 heteroatoms. The van der Waals surface area contributed by atoms with Gasteiger partial charge in [-0.25, -0.2) is 9.97 Å². The fourth-order valence-corrected chi connectivity index (χ4v) is 1.79. The topological polar surface area (TPSA) is 49.8 Å². The van der Waals surface area contributed by atoms with Crippen molar-refractivity contribution in [1.29, 1.82) is 0 Å². The minimum Gasteiger partial charge on any atom is -0.370 e. The first-order valence-corrected chi connectivity index (χ1v) is 7.15. The van der Waals surface area contributed by atoms with Gasteiger partial charge in [0, 0.05) is 25.6 Å². The molecule has 1 heterocycles. The highest BCUT2D eigenvalue weighted by Crippen LogP contribution is 2.12. The molecule has 2 N–H and O–H groups in total. The maximum Gasteiger partial charge on any atom is 0.133 e. The van der Waals surface area contributed by atoms with Gasteiger partial charge in [0.1, 0.15) is 17.5 Å². The highest BCUT2D eigenvalue weighted by molar-refractivity contribution is 5.47. The number of nitrogens with one attached hydrogen (secondary N) is 2. The van der Waals surface area contributed by atoms with Gasteiger partial charge in [0.15, 0.2) is 0 Å². The molecule has 1 aromatic heterocycles. The maximum atomic E-state index is 4.54. The number of nitrogens with zero attached hydrogens (tertiary/aromatic N) is 2. The monoisotopic (exact) mass is 250 g/mol. The van der Waals surface area contributed by atoms with Crippen LogP contribution in [-0.2, 0) is 6.42 Å². The lowest BCUT2D eigenvalue weighted by Gasteiger charge is -2.10. The molecule has 0 unspecified atom stereocenters. The van der Waals surface area contributed by atoms with Crippen LogP contribution in [0.5, 0.6) is 0 Å². The summed E-state index contributed by atoms with van der Waals surface area (Å²) < 4.78 is 0. The fourth-order valence-electron chi connectivity index (χ4n) is 1.79. The summed E-state index contributed by atoms with van der Waals surface area (Å²) in [6.45, 7) is 8.32. The summed E-state index contributed by atoms with van der Waals surface area (Å²) in [5, 5.41) is 6.64. The molecule has 0 saturated carbocycles. The second-order valence-corrected chi connectivity index (χ2v) is 4.47. The Kier molecular flexibility index (Phi) is 7.14. The first-order chi connectivity index (χ1) is 8.80. The predicted octanol–water partition coefficient (Wildman–Crippen LogP) is 3.46. The van der Waals surface area contributed by atoms with Crippen LogP contribution in [0.2, 0.25) is 0 Å². The van der Waals surface area contributed by atoms with Crippen LogP contribution in [0.1, 0.15) is 52.3 Å². The van der Waals surface area contributed by atoms with E-state index in [2.05, 4.69) is 41.4 Å². The Morgan fingerprint density at radius 3 is 2.28 bits per heavy atom. The lowest BCUT2D eigenvalue weighted by molar-refractivity contribution is 0.740. The van der Waals surface area contributed by atoms with E-state index in [0.29, 0.717) is 0 Å². The molecule has 0 radical (unpaired) electrons. The van der Waals surface area contributed by atoms with Gasteiger partial charge < -0.3 is 10.6 Å². The Labute approximate surface area is 111 Å². The van der Waals surface area contributed by atoms with Crippen molar-refractivity contribution in [3.8, 4) is 0 Å². The summed E-state index contributed by atoms with van der Waals surface area (Å²) >= 11 is 0. The smallest absolute Gasteiger partial charge is 0.133 e. The Hall–Kier alpha value is -1.32. The van der Waals surface area contributed by atoms with Crippen molar-refractivity contribution < 1.29 is 0 Å². The number of rotatable bonds is 9. The number of hydrogen-bond donors (Lipinski definition) is 2. The van der Waals surface area contributed by atoms with E-state index in [-0.39, 0.29) is 0 Å². The molecular formula is C14H26N4. The Morgan fingerprint density at radius 2 is 1.67 bits per heavy atom. The van der Waals surface area contributed by atoms with Crippen LogP contribution < -0.4 is 10.6 Å². The Bertz CT molecular complexity index is 314. The van der Waals surface area contributed by atoms with E-state index >= 15 is 0 Å². The van der Waals surface area contributed by atoms with Crippen LogP contribution in [0.15, 0.2) is 6.07 Å². The number of aryl methyl sites for hydroxylation is 1. The van der Waals surface area contributed by atoms with E-state index in [1.165, 1.54) is 19.3 Å². The molecule has 1 aromatic rings. The summed E-state index contributed by atoms with van der Waals surface area (Å²) in [7, 11) is 0. The molecule has 0 atom stereocenters. The quantitative estimate of drug-likeness (QED) is 0.659. The van der Waals surface area contributed by atoms with E-state index in [1.807, 2.05) is 6.07 Å². The molecule has 0 amide bonds. The molecule has 0 aliphatic rings. The first kappa shape index (κ1) is 14.7. The molecule has 4 nitrogen and oxygen atoms in total. The average molecular weight is 250 g/mol.